The van der Waals surface area contributed by atoms with E-state index in [-0.39, 0.29) is 0 Å². The minimum absolute atomic E-state index is 0.434. The molecule has 0 spiro atoms. The monoisotopic (exact) mass is 175 g/mol. The van der Waals surface area contributed by atoms with Crippen molar-refractivity contribution in [2.75, 3.05) is 18.6 Å². The summed E-state index contributed by atoms with van der Waals surface area (Å²) in [5.41, 5.74) is 6.19. The van der Waals surface area contributed by atoms with E-state index in [0.717, 1.165) is 6.54 Å². The number of thioether (sulfide) groups is 1. The van der Waals surface area contributed by atoms with Gasteiger partial charge in [-0.3, -0.25) is 0 Å². The zero-order chi connectivity index (χ0) is 8.74. The smallest absolute Gasteiger partial charge is 0.00204 e. The molecular weight excluding hydrogens is 154 g/mol. The summed E-state index contributed by atoms with van der Waals surface area (Å²) in [4.78, 5) is 0. The minimum atomic E-state index is 0.434. The Bertz CT molecular complexity index is 81.3. The molecule has 2 heteroatoms. The second-order valence-corrected chi connectivity index (χ2v) is 4.14. The molecule has 0 aromatic carbocycles. The summed E-state index contributed by atoms with van der Waals surface area (Å²) in [6.07, 6.45) is 5.88. The van der Waals surface area contributed by atoms with Gasteiger partial charge in [-0.05, 0) is 43.2 Å². The Labute approximate surface area is 75.1 Å². The first-order valence-corrected chi connectivity index (χ1v) is 5.83. The van der Waals surface area contributed by atoms with Crippen LogP contribution in [0.25, 0.3) is 0 Å². The summed E-state index contributed by atoms with van der Waals surface area (Å²) in [5.74, 6) is 1.25. The molecule has 0 saturated carbocycles. The van der Waals surface area contributed by atoms with Crippen LogP contribution < -0.4 is 5.73 Å². The van der Waals surface area contributed by atoms with E-state index in [9.17, 15) is 0 Å². The SMILES string of the molecule is CCC(CC)(CN)CCSC. The molecule has 0 atom stereocenters. The molecule has 0 bridgehead atoms. The lowest BCUT2D eigenvalue weighted by atomic mass is 9.80. The van der Waals surface area contributed by atoms with Gasteiger partial charge in [0.1, 0.15) is 0 Å². The van der Waals surface area contributed by atoms with Crippen LogP contribution in [0.3, 0.4) is 0 Å². The third-order valence-corrected chi connectivity index (χ3v) is 3.38. The first-order valence-electron chi connectivity index (χ1n) is 4.43. The van der Waals surface area contributed by atoms with Gasteiger partial charge in [0, 0.05) is 0 Å². The van der Waals surface area contributed by atoms with E-state index in [1.54, 1.807) is 0 Å². The van der Waals surface area contributed by atoms with E-state index in [4.69, 9.17) is 5.73 Å². The summed E-state index contributed by atoms with van der Waals surface area (Å²) >= 11 is 1.92. The molecule has 0 aliphatic heterocycles. The van der Waals surface area contributed by atoms with Crippen molar-refractivity contribution in [3.63, 3.8) is 0 Å². The molecule has 0 rings (SSSR count). The topological polar surface area (TPSA) is 26.0 Å². The highest BCUT2D eigenvalue weighted by Crippen LogP contribution is 2.30. The molecule has 0 aromatic heterocycles. The van der Waals surface area contributed by atoms with Crippen LogP contribution in [-0.2, 0) is 0 Å². The van der Waals surface area contributed by atoms with Crippen LogP contribution in [0.15, 0.2) is 0 Å². The molecule has 0 fully saturated rings. The molecule has 0 aromatic rings. The van der Waals surface area contributed by atoms with E-state index in [1.807, 2.05) is 11.8 Å². The molecule has 0 aliphatic rings. The second kappa shape index (κ2) is 5.90. The maximum Gasteiger partial charge on any atom is -0.00204 e. The van der Waals surface area contributed by atoms with Crippen molar-refractivity contribution in [2.24, 2.45) is 11.1 Å². The fourth-order valence-corrected chi connectivity index (χ4v) is 1.95. The van der Waals surface area contributed by atoms with Gasteiger partial charge in [0.15, 0.2) is 0 Å². The first kappa shape index (κ1) is 11.3. The third kappa shape index (κ3) is 3.48. The zero-order valence-corrected chi connectivity index (χ0v) is 8.84. The number of hydrogen-bond donors (Lipinski definition) is 1. The standard InChI is InChI=1S/C9H21NS/c1-4-9(5-2,8-10)6-7-11-3/h4-8,10H2,1-3H3. The van der Waals surface area contributed by atoms with E-state index >= 15 is 0 Å². The van der Waals surface area contributed by atoms with Gasteiger partial charge in [0.05, 0.1) is 0 Å². The largest absolute Gasteiger partial charge is 0.330 e. The van der Waals surface area contributed by atoms with Crippen LogP contribution >= 0.6 is 11.8 Å². The molecule has 11 heavy (non-hydrogen) atoms. The average molecular weight is 175 g/mol. The molecule has 0 unspecified atom stereocenters. The normalized spacial score (nSPS) is 12.0. The summed E-state index contributed by atoms with van der Waals surface area (Å²) < 4.78 is 0. The fraction of sp³-hybridized carbons (Fsp3) is 1.00. The van der Waals surface area contributed by atoms with Gasteiger partial charge in [0.2, 0.25) is 0 Å². The van der Waals surface area contributed by atoms with Gasteiger partial charge in [-0.2, -0.15) is 11.8 Å². The van der Waals surface area contributed by atoms with Gasteiger partial charge in [-0.15, -0.1) is 0 Å². The van der Waals surface area contributed by atoms with Gasteiger partial charge in [0.25, 0.3) is 0 Å². The predicted octanol–water partition coefficient (Wildman–Crippen LogP) is 2.50. The molecule has 1 nitrogen and oxygen atoms in total. The van der Waals surface area contributed by atoms with Crippen molar-refractivity contribution in [2.45, 2.75) is 33.1 Å². The van der Waals surface area contributed by atoms with E-state index in [1.165, 1.54) is 25.0 Å². The summed E-state index contributed by atoms with van der Waals surface area (Å²) in [5, 5.41) is 0. The van der Waals surface area contributed by atoms with E-state index in [0.29, 0.717) is 5.41 Å². The second-order valence-electron chi connectivity index (χ2n) is 3.15. The van der Waals surface area contributed by atoms with Crippen molar-refractivity contribution in [3.8, 4) is 0 Å². The zero-order valence-electron chi connectivity index (χ0n) is 8.02. The summed E-state index contributed by atoms with van der Waals surface area (Å²) in [7, 11) is 0. The first-order chi connectivity index (χ1) is 5.24. The molecule has 0 amide bonds. The Morgan fingerprint density at radius 3 is 2.09 bits per heavy atom. The third-order valence-electron chi connectivity index (χ3n) is 2.77. The number of rotatable bonds is 6. The highest BCUT2D eigenvalue weighted by Gasteiger charge is 2.22. The lowest BCUT2D eigenvalue weighted by Gasteiger charge is -2.29. The van der Waals surface area contributed by atoms with E-state index < -0.39 is 0 Å². The highest BCUT2D eigenvalue weighted by molar-refractivity contribution is 7.98. The van der Waals surface area contributed by atoms with Crippen LogP contribution in [0.1, 0.15) is 33.1 Å². The Morgan fingerprint density at radius 2 is 1.82 bits per heavy atom. The Kier molecular flexibility index (Phi) is 6.06. The molecule has 0 aliphatic carbocycles. The average Bonchev–Trinajstić information content (AvgIpc) is 2.08. The maximum atomic E-state index is 5.76. The lowest BCUT2D eigenvalue weighted by Crippen LogP contribution is -2.29. The van der Waals surface area contributed by atoms with Crippen molar-refractivity contribution < 1.29 is 0 Å². The fourth-order valence-electron chi connectivity index (χ4n) is 1.31. The van der Waals surface area contributed by atoms with Crippen LogP contribution in [0.2, 0.25) is 0 Å². The Hall–Kier alpha value is 0.310. The molecular formula is C9H21NS. The van der Waals surface area contributed by atoms with Gasteiger partial charge in [-0.25, -0.2) is 0 Å². The van der Waals surface area contributed by atoms with Crippen LogP contribution in [0.4, 0.5) is 0 Å². The molecule has 0 saturated heterocycles. The summed E-state index contributed by atoms with van der Waals surface area (Å²) in [6, 6.07) is 0. The van der Waals surface area contributed by atoms with Crippen molar-refractivity contribution >= 4 is 11.8 Å². The highest BCUT2D eigenvalue weighted by atomic mass is 32.2. The quantitative estimate of drug-likeness (QED) is 0.671. The van der Waals surface area contributed by atoms with Crippen LogP contribution in [0, 0.1) is 5.41 Å². The van der Waals surface area contributed by atoms with Crippen molar-refractivity contribution in [1.82, 2.24) is 0 Å². The maximum absolute atomic E-state index is 5.76. The summed E-state index contributed by atoms with van der Waals surface area (Å²) in [6.45, 7) is 5.34. The predicted molar refractivity (Wildman–Crippen MR) is 55.1 cm³/mol. The van der Waals surface area contributed by atoms with Crippen molar-refractivity contribution in [1.29, 1.82) is 0 Å². The molecule has 0 heterocycles. The Balaban J connectivity index is 3.84. The lowest BCUT2D eigenvalue weighted by molar-refractivity contribution is 0.265. The molecule has 0 radical (unpaired) electrons. The van der Waals surface area contributed by atoms with Crippen LogP contribution in [-0.4, -0.2) is 18.6 Å². The van der Waals surface area contributed by atoms with Crippen LogP contribution in [0.5, 0.6) is 0 Å². The minimum Gasteiger partial charge on any atom is -0.330 e. The van der Waals surface area contributed by atoms with Crippen molar-refractivity contribution in [3.05, 3.63) is 0 Å². The molecule has 68 valence electrons. The Morgan fingerprint density at radius 1 is 1.27 bits per heavy atom. The van der Waals surface area contributed by atoms with E-state index in [2.05, 4.69) is 20.1 Å². The van der Waals surface area contributed by atoms with Gasteiger partial charge in [-0.1, -0.05) is 13.8 Å². The van der Waals surface area contributed by atoms with Gasteiger partial charge >= 0.3 is 0 Å². The molecule has 2 N–H and O–H groups in total. The number of hydrogen-bond acceptors (Lipinski definition) is 2. The van der Waals surface area contributed by atoms with Gasteiger partial charge < -0.3 is 5.73 Å². The number of nitrogens with two attached hydrogens (primary N) is 1.